The molecule has 0 aliphatic heterocycles. The summed E-state index contributed by atoms with van der Waals surface area (Å²) in [6, 6.07) is 5.85. The second-order valence-corrected chi connectivity index (χ2v) is 7.39. The molecule has 1 N–H and O–H groups in total. The molecule has 0 bridgehead atoms. The van der Waals surface area contributed by atoms with E-state index in [1.807, 2.05) is 25.1 Å². The number of halogens is 1. The summed E-state index contributed by atoms with van der Waals surface area (Å²) in [5.74, 6) is 0.491. The summed E-state index contributed by atoms with van der Waals surface area (Å²) < 4.78 is 1.02. The highest BCUT2D eigenvalue weighted by Gasteiger charge is 2.18. The van der Waals surface area contributed by atoms with Gasteiger partial charge < -0.3 is 5.32 Å². The number of amides is 1. The molecule has 0 saturated heterocycles. The number of rotatable bonds is 4. The Balaban J connectivity index is 2.58. The van der Waals surface area contributed by atoms with Crippen LogP contribution >= 0.6 is 15.9 Å². The van der Waals surface area contributed by atoms with E-state index in [4.69, 9.17) is 0 Å². The third-order valence-corrected chi connectivity index (χ3v) is 3.90. The fraction of sp³-hybridized carbons (Fsp3) is 0.562. The van der Waals surface area contributed by atoms with Crippen molar-refractivity contribution in [2.24, 2.45) is 11.3 Å². The minimum Gasteiger partial charge on any atom is -0.326 e. The molecule has 0 aromatic heterocycles. The molecule has 2 nitrogen and oxygen atoms in total. The van der Waals surface area contributed by atoms with Gasteiger partial charge in [-0.1, -0.05) is 49.7 Å². The van der Waals surface area contributed by atoms with Gasteiger partial charge in [-0.3, -0.25) is 4.79 Å². The highest BCUT2D eigenvalue weighted by atomic mass is 79.9. The Labute approximate surface area is 125 Å². The van der Waals surface area contributed by atoms with Gasteiger partial charge in [-0.25, -0.2) is 0 Å². The first-order valence-electron chi connectivity index (χ1n) is 6.74. The van der Waals surface area contributed by atoms with Crippen LogP contribution in [0.5, 0.6) is 0 Å². The van der Waals surface area contributed by atoms with Crippen molar-refractivity contribution < 1.29 is 4.79 Å². The van der Waals surface area contributed by atoms with Crippen LogP contribution in [-0.4, -0.2) is 5.91 Å². The van der Waals surface area contributed by atoms with Crippen LogP contribution in [0.25, 0.3) is 0 Å². The van der Waals surface area contributed by atoms with Crippen molar-refractivity contribution in [3.8, 4) is 0 Å². The standard InChI is InChI=1S/C16H24BrNO/c1-11(10-16(3,4)5)9-15(19)18-14-8-6-7-13(17)12(14)2/h6-8,11H,9-10H2,1-5H3,(H,18,19). The molecule has 1 atom stereocenters. The Morgan fingerprint density at radius 2 is 2.00 bits per heavy atom. The number of nitrogens with one attached hydrogen (secondary N) is 1. The number of anilines is 1. The second-order valence-electron chi connectivity index (χ2n) is 6.53. The van der Waals surface area contributed by atoms with Gasteiger partial charge in [0.1, 0.15) is 0 Å². The number of hydrogen-bond donors (Lipinski definition) is 1. The topological polar surface area (TPSA) is 29.1 Å². The van der Waals surface area contributed by atoms with Gasteiger partial charge in [-0.15, -0.1) is 0 Å². The van der Waals surface area contributed by atoms with Gasteiger partial charge in [0, 0.05) is 16.6 Å². The van der Waals surface area contributed by atoms with Crippen LogP contribution in [0.2, 0.25) is 0 Å². The van der Waals surface area contributed by atoms with Crippen LogP contribution in [0.3, 0.4) is 0 Å². The summed E-state index contributed by atoms with van der Waals surface area (Å²) in [5, 5.41) is 3.00. The van der Waals surface area contributed by atoms with Crippen molar-refractivity contribution in [3.63, 3.8) is 0 Å². The minimum atomic E-state index is 0.0953. The molecular weight excluding hydrogens is 302 g/mol. The van der Waals surface area contributed by atoms with Crippen molar-refractivity contribution in [2.45, 2.75) is 47.5 Å². The maximum Gasteiger partial charge on any atom is 0.224 e. The van der Waals surface area contributed by atoms with E-state index in [0.29, 0.717) is 12.3 Å². The predicted molar refractivity (Wildman–Crippen MR) is 85.4 cm³/mol. The third-order valence-electron chi connectivity index (χ3n) is 3.04. The van der Waals surface area contributed by atoms with Crippen LogP contribution in [-0.2, 0) is 4.79 Å². The van der Waals surface area contributed by atoms with Gasteiger partial charge in [0.2, 0.25) is 5.91 Å². The van der Waals surface area contributed by atoms with Crippen molar-refractivity contribution in [1.82, 2.24) is 0 Å². The molecule has 0 saturated carbocycles. The van der Waals surface area contributed by atoms with Crippen LogP contribution in [0.4, 0.5) is 5.69 Å². The normalized spacial score (nSPS) is 13.2. The van der Waals surface area contributed by atoms with E-state index in [0.717, 1.165) is 22.1 Å². The van der Waals surface area contributed by atoms with Crippen LogP contribution in [0.1, 0.15) is 46.1 Å². The number of hydrogen-bond acceptors (Lipinski definition) is 1. The third kappa shape index (κ3) is 5.77. The Morgan fingerprint density at radius 3 is 2.58 bits per heavy atom. The number of carbonyl (C=O) groups is 1. The fourth-order valence-corrected chi connectivity index (χ4v) is 2.74. The van der Waals surface area contributed by atoms with Crippen LogP contribution in [0.15, 0.2) is 22.7 Å². The Kier molecular flexibility index (Phi) is 5.60. The summed E-state index contributed by atoms with van der Waals surface area (Å²) in [5.41, 5.74) is 2.23. The lowest BCUT2D eigenvalue weighted by Gasteiger charge is -2.23. The molecule has 0 spiro atoms. The minimum absolute atomic E-state index is 0.0953. The van der Waals surface area contributed by atoms with Crippen molar-refractivity contribution in [2.75, 3.05) is 5.32 Å². The molecule has 0 radical (unpaired) electrons. The zero-order chi connectivity index (χ0) is 14.6. The zero-order valence-electron chi connectivity index (χ0n) is 12.5. The van der Waals surface area contributed by atoms with Crippen LogP contribution in [0, 0.1) is 18.3 Å². The molecule has 19 heavy (non-hydrogen) atoms. The van der Waals surface area contributed by atoms with E-state index in [1.54, 1.807) is 0 Å². The molecular formula is C16H24BrNO. The van der Waals surface area contributed by atoms with E-state index in [-0.39, 0.29) is 11.3 Å². The van der Waals surface area contributed by atoms with Gasteiger partial charge in [0.05, 0.1) is 0 Å². The second kappa shape index (κ2) is 6.56. The lowest BCUT2D eigenvalue weighted by atomic mass is 9.84. The van der Waals surface area contributed by atoms with Crippen molar-refractivity contribution in [3.05, 3.63) is 28.2 Å². The summed E-state index contributed by atoms with van der Waals surface area (Å²) in [6.45, 7) is 10.8. The van der Waals surface area contributed by atoms with Gasteiger partial charge in [-0.2, -0.15) is 0 Å². The molecule has 1 amide bonds. The maximum absolute atomic E-state index is 12.0. The Morgan fingerprint density at radius 1 is 1.37 bits per heavy atom. The molecule has 0 aliphatic rings. The summed E-state index contributed by atoms with van der Waals surface area (Å²) in [6.07, 6.45) is 1.63. The summed E-state index contributed by atoms with van der Waals surface area (Å²) in [7, 11) is 0. The fourth-order valence-electron chi connectivity index (χ4n) is 2.38. The van der Waals surface area contributed by atoms with E-state index < -0.39 is 0 Å². The van der Waals surface area contributed by atoms with Crippen molar-refractivity contribution >= 4 is 27.5 Å². The summed E-state index contributed by atoms with van der Waals surface area (Å²) >= 11 is 3.48. The Hall–Kier alpha value is -0.830. The molecule has 0 fully saturated rings. The van der Waals surface area contributed by atoms with Gasteiger partial charge in [-0.05, 0) is 42.4 Å². The molecule has 0 heterocycles. The van der Waals surface area contributed by atoms with E-state index >= 15 is 0 Å². The van der Waals surface area contributed by atoms with Gasteiger partial charge in [0.15, 0.2) is 0 Å². The average Bonchev–Trinajstić information content (AvgIpc) is 2.21. The number of carbonyl (C=O) groups excluding carboxylic acids is 1. The quantitative estimate of drug-likeness (QED) is 0.814. The zero-order valence-corrected chi connectivity index (χ0v) is 14.1. The molecule has 0 aliphatic carbocycles. The molecule has 1 rings (SSSR count). The largest absolute Gasteiger partial charge is 0.326 e. The highest BCUT2D eigenvalue weighted by Crippen LogP contribution is 2.27. The highest BCUT2D eigenvalue weighted by molar-refractivity contribution is 9.10. The Bertz CT molecular complexity index is 449. The SMILES string of the molecule is Cc1c(Br)cccc1NC(=O)CC(C)CC(C)(C)C. The lowest BCUT2D eigenvalue weighted by molar-refractivity contribution is -0.117. The summed E-state index contributed by atoms with van der Waals surface area (Å²) in [4.78, 5) is 12.0. The predicted octanol–water partition coefficient (Wildman–Crippen LogP) is 5.16. The van der Waals surface area contributed by atoms with E-state index in [2.05, 4.69) is 48.9 Å². The first-order valence-corrected chi connectivity index (χ1v) is 7.53. The maximum atomic E-state index is 12.0. The van der Waals surface area contributed by atoms with E-state index in [1.165, 1.54) is 0 Å². The molecule has 3 heteroatoms. The van der Waals surface area contributed by atoms with E-state index in [9.17, 15) is 4.79 Å². The monoisotopic (exact) mass is 325 g/mol. The molecule has 1 aromatic carbocycles. The van der Waals surface area contributed by atoms with Gasteiger partial charge >= 0.3 is 0 Å². The van der Waals surface area contributed by atoms with Crippen molar-refractivity contribution in [1.29, 1.82) is 0 Å². The first-order chi connectivity index (χ1) is 8.69. The molecule has 106 valence electrons. The first kappa shape index (κ1) is 16.2. The smallest absolute Gasteiger partial charge is 0.224 e. The number of benzene rings is 1. The molecule has 1 aromatic rings. The average molecular weight is 326 g/mol. The lowest BCUT2D eigenvalue weighted by Crippen LogP contribution is -2.19. The van der Waals surface area contributed by atoms with Crippen LogP contribution < -0.4 is 5.32 Å². The van der Waals surface area contributed by atoms with Gasteiger partial charge in [0.25, 0.3) is 0 Å². The molecule has 1 unspecified atom stereocenters.